The number of aryl methyl sites for hydroxylation is 1. The fourth-order valence-corrected chi connectivity index (χ4v) is 7.72. The van der Waals surface area contributed by atoms with E-state index in [1.807, 2.05) is 41.2 Å². The molecule has 0 radical (unpaired) electrons. The van der Waals surface area contributed by atoms with Gasteiger partial charge in [-0.05, 0) is 69.3 Å². The zero-order valence-electron chi connectivity index (χ0n) is 34.4. The summed E-state index contributed by atoms with van der Waals surface area (Å²) in [6.45, 7) is 15.8. The summed E-state index contributed by atoms with van der Waals surface area (Å²) < 4.78 is 10.8. The molecule has 0 saturated heterocycles. The number of para-hydroxylation sites is 1. The van der Waals surface area contributed by atoms with Gasteiger partial charge in [0, 0.05) is 39.9 Å². The second kappa shape index (κ2) is 15.6. The monoisotopic (exact) mass is 949 g/mol. The van der Waals surface area contributed by atoms with E-state index in [1.165, 1.54) is 11.1 Å². The number of hydrogen-bond acceptors (Lipinski definition) is 3. The summed E-state index contributed by atoms with van der Waals surface area (Å²) in [5, 5.41) is 7.68. The number of nitrogens with zero attached hydrogens (tertiary/aromatic N) is 4. The van der Waals surface area contributed by atoms with Gasteiger partial charge in [-0.3, -0.25) is 4.68 Å². The summed E-state index contributed by atoms with van der Waals surface area (Å²) >= 11 is 0. The second-order valence-electron chi connectivity index (χ2n) is 17.1. The van der Waals surface area contributed by atoms with Crippen LogP contribution in [0.2, 0.25) is 0 Å². The Morgan fingerprint density at radius 1 is 0.576 bits per heavy atom. The van der Waals surface area contributed by atoms with Gasteiger partial charge in [-0.15, -0.1) is 35.7 Å². The molecule has 0 aliphatic rings. The van der Waals surface area contributed by atoms with E-state index in [4.69, 9.17) is 14.8 Å². The first-order chi connectivity index (χ1) is 27.9. The minimum absolute atomic E-state index is 0. The zero-order chi connectivity index (χ0) is 40.2. The summed E-state index contributed by atoms with van der Waals surface area (Å²) in [5.74, 6) is 1.99. The molecule has 0 spiro atoms. The van der Waals surface area contributed by atoms with Crippen LogP contribution in [0.4, 0.5) is 0 Å². The van der Waals surface area contributed by atoms with Gasteiger partial charge in [-0.1, -0.05) is 144 Å². The van der Waals surface area contributed by atoms with Crippen LogP contribution in [-0.4, -0.2) is 19.3 Å². The van der Waals surface area contributed by atoms with Gasteiger partial charge in [0.2, 0.25) is 0 Å². The Morgan fingerprint density at radius 2 is 1.22 bits per heavy atom. The van der Waals surface area contributed by atoms with Crippen LogP contribution in [0, 0.1) is 19.1 Å². The third-order valence-corrected chi connectivity index (χ3v) is 10.8. The van der Waals surface area contributed by atoms with Crippen molar-refractivity contribution >= 4 is 21.8 Å². The topological polar surface area (TPSA) is 44.9 Å². The van der Waals surface area contributed by atoms with Crippen molar-refractivity contribution in [3.05, 3.63) is 181 Å². The molecule has 6 aromatic carbocycles. The molecule has 0 fully saturated rings. The molecule has 0 bridgehead atoms. The van der Waals surface area contributed by atoms with Crippen molar-refractivity contribution in [1.29, 1.82) is 0 Å². The largest absolute Gasteiger partial charge is 2.00 e. The maximum Gasteiger partial charge on any atom is 2.00 e. The molecule has 0 aliphatic carbocycles. The average Bonchev–Trinajstić information content (AvgIpc) is 3.78. The van der Waals surface area contributed by atoms with E-state index < -0.39 is 0 Å². The molecule has 6 heteroatoms. The molecule has 59 heavy (non-hydrogen) atoms. The van der Waals surface area contributed by atoms with Crippen molar-refractivity contribution in [3.63, 3.8) is 0 Å². The molecule has 5 nitrogen and oxygen atoms in total. The molecular formula is C53H46N4OPt. The van der Waals surface area contributed by atoms with Crippen LogP contribution in [-0.2, 0) is 31.9 Å². The number of ether oxygens (including phenoxy) is 1. The molecule has 0 atom stereocenters. The molecule has 0 saturated carbocycles. The van der Waals surface area contributed by atoms with E-state index in [-0.39, 0.29) is 31.9 Å². The second-order valence-corrected chi connectivity index (χ2v) is 17.1. The third-order valence-electron chi connectivity index (χ3n) is 10.8. The Hall–Kier alpha value is -6.03. The summed E-state index contributed by atoms with van der Waals surface area (Å²) in [7, 11) is 0. The molecule has 3 aromatic heterocycles. The van der Waals surface area contributed by atoms with Crippen LogP contribution in [0.25, 0.3) is 67.0 Å². The Labute approximate surface area is 361 Å². The Bertz CT molecular complexity index is 2920. The number of fused-ring (bicyclic) bond motifs is 3. The Balaban J connectivity index is 0.00000484. The predicted octanol–water partition coefficient (Wildman–Crippen LogP) is 13.7. The normalized spacial score (nSPS) is 11.8. The average molecular weight is 950 g/mol. The number of rotatable bonds is 7. The zero-order valence-corrected chi connectivity index (χ0v) is 36.7. The minimum Gasteiger partial charge on any atom is -0.509 e. The predicted molar refractivity (Wildman–Crippen MR) is 238 cm³/mol. The van der Waals surface area contributed by atoms with Crippen LogP contribution in [0.15, 0.2) is 152 Å². The third kappa shape index (κ3) is 7.68. The standard InChI is InChI=1S/C53H46N4O.Pt/c1-35-27-28-54-48(29-35)56-46-24-15-14-23-44(46)45-26-25-43(34-47(45)56)58-42-22-16-21-41(33-42)57-51(37-19-12-9-13-20-37)49(50(55-57)36-17-10-8-11-18-36)38-30-39(52(2,3)4)32-40(31-38)53(5,6)7;/h8-32H,1-7H3;/q-2;+2. The van der Waals surface area contributed by atoms with E-state index in [1.54, 1.807) is 0 Å². The molecule has 294 valence electrons. The number of benzene rings is 6. The van der Waals surface area contributed by atoms with Gasteiger partial charge in [0.15, 0.2) is 0 Å². The molecule has 3 heterocycles. The van der Waals surface area contributed by atoms with Gasteiger partial charge in [0.1, 0.15) is 11.5 Å². The number of pyridine rings is 1. The first kappa shape index (κ1) is 39.8. The SMILES string of the molecule is Cc1ccnc(-n2c3[c-]c(Oc4[c-]c(-n5nc(-c6ccccc6)c(-c6cc(C(C)(C)C)cc(C(C)(C)C)c6)c5-c5ccccc5)ccc4)ccc3c3ccccc32)c1.[Pt+2]. The van der Waals surface area contributed by atoms with Crippen LogP contribution >= 0.6 is 0 Å². The van der Waals surface area contributed by atoms with Gasteiger partial charge >= 0.3 is 21.1 Å². The molecule has 0 aliphatic heterocycles. The molecule has 0 N–H and O–H groups in total. The van der Waals surface area contributed by atoms with Crippen LogP contribution in [0.3, 0.4) is 0 Å². The fraction of sp³-hybridized carbons (Fsp3) is 0.170. The van der Waals surface area contributed by atoms with Crippen molar-refractivity contribution in [1.82, 2.24) is 19.3 Å². The van der Waals surface area contributed by atoms with E-state index in [9.17, 15) is 0 Å². The van der Waals surface area contributed by atoms with Gasteiger partial charge in [0.25, 0.3) is 0 Å². The molecule has 9 rings (SSSR count). The fourth-order valence-electron chi connectivity index (χ4n) is 7.72. The summed E-state index contributed by atoms with van der Waals surface area (Å²) in [6.07, 6.45) is 1.85. The van der Waals surface area contributed by atoms with E-state index in [0.717, 1.165) is 72.5 Å². The van der Waals surface area contributed by atoms with Crippen molar-refractivity contribution in [2.75, 3.05) is 0 Å². The number of hydrogen-bond donors (Lipinski definition) is 0. The van der Waals surface area contributed by atoms with Crippen molar-refractivity contribution in [3.8, 4) is 56.6 Å². The molecule has 0 unspecified atom stereocenters. The summed E-state index contributed by atoms with van der Waals surface area (Å²) in [5.41, 5.74) is 12.5. The molecule has 9 aromatic rings. The van der Waals surface area contributed by atoms with E-state index in [2.05, 4.69) is 180 Å². The Morgan fingerprint density at radius 3 is 1.90 bits per heavy atom. The maximum absolute atomic E-state index is 6.63. The van der Waals surface area contributed by atoms with Crippen molar-refractivity contribution in [2.24, 2.45) is 0 Å². The maximum atomic E-state index is 6.63. The molecular weight excluding hydrogens is 904 g/mol. The quantitative estimate of drug-likeness (QED) is 0.150. The first-order valence-electron chi connectivity index (χ1n) is 19.9. The van der Waals surface area contributed by atoms with Crippen LogP contribution < -0.4 is 4.74 Å². The van der Waals surface area contributed by atoms with E-state index in [0.29, 0.717) is 11.5 Å². The van der Waals surface area contributed by atoms with Crippen molar-refractivity contribution < 1.29 is 25.8 Å². The smallest absolute Gasteiger partial charge is 0.509 e. The molecule has 0 amide bonds. The van der Waals surface area contributed by atoms with Gasteiger partial charge in [0.05, 0.1) is 5.69 Å². The summed E-state index contributed by atoms with van der Waals surface area (Å²) in [6, 6.07) is 57.9. The Kier molecular flexibility index (Phi) is 10.5. The van der Waals surface area contributed by atoms with Gasteiger partial charge < -0.3 is 9.30 Å². The minimum atomic E-state index is -0.0593. The van der Waals surface area contributed by atoms with E-state index >= 15 is 0 Å². The van der Waals surface area contributed by atoms with Gasteiger partial charge in [-0.2, -0.15) is 17.2 Å². The first-order valence-corrected chi connectivity index (χ1v) is 19.9. The number of aromatic nitrogens is 4. The summed E-state index contributed by atoms with van der Waals surface area (Å²) in [4.78, 5) is 4.75. The van der Waals surface area contributed by atoms with Gasteiger partial charge in [-0.25, -0.2) is 4.98 Å². The van der Waals surface area contributed by atoms with Crippen molar-refractivity contribution in [2.45, 2.75) is 59.3 Å². The van der Waals surface area contributed by atoms with Crippen LogP contribution in [0.5, 0.6) is 11.5 Å². The van der Waals surface area contributed by atoms with Crippen LogP contribution in [0.1, 0.15) is 58.2 Å².